The molecule has 18 heavy (non-hydrogen) atoms. The number of carbonyl (C=O) groups excluding carboxylic acids is 1. The van der Waals surface area contributed by atoms with Crippen molar-refractivity contribution >= 4 is 11.6 Å². The van der Waals surface area contributed by atoms with Gasteiger partial charge in [0, 0.05) is 25.0 Å². The molecule has 1 amide bonds. The molecule has 1 atom stereocenters. The van der Waals surface area contributed by atoms with Crippen LogP contribution in [0.3, 0.4) is 0 Å². The van der Waals surface area contributed by atoms with Gasteiger partial charge in [0.25, 0.3) is 0 Å². The Morgan fingerprint density at radius 3 is 3.22 bits per heavy atom. The van der Waals surface area contributed by atoms with Gasteiger partial charge in [-0.1, -0.05) is 0 Å². The minimum absolute atomic E-state index is 0.130. The summed E-state index contributed by atoms with van der Waals surface area (Å²) >= 11 is 0. The van der Waals surface area contributed by atoms with Crippen LogP contribution in [0.15, 0.2) is 18.3 Å². The molecule has 1 unspecified atom stereocenters. The summed E-state index contributed by atoms with van der Waals surface area (Å²) in [5, 5.41) is 3.26. The Morgan fingerprint density at radius 1 is 1.67 bits per heavy atom. The molecule has 0 spiro atoms. The fourth-order valence-electron chi connectivity index (χ4n) is 2.42. The van der Waals surface area contributed by atoms with E-state index in [2.05, 4.69) is 22.1 Å². The molecular weight excluding hydrogens is 228 g/mol. The highest BCUT2D eigenvalue weighted by Crippen LogP contribution is 2.20. The first kappa shape index (κ1) is 12.8. The van der Waals surface area contributed by atoms with Gasteiger partial charge < -0.3 is 11.1 Å². The van der Waals surface area contributed by atoms with Gasteiger partial charge in [-0.2, -0.15) is 0 Å². The van der Waals surface area contributed by atoms with Gasteiger partial charge in [0.2, 0.25) is 5.91 Å². The molecule has 0 saturated carbocycles. The van der Waals surface area contributed by atoms with Crippen molar-refractivity contribution in [1.82, 2.24) is 9.88 Å². The molecule has 5 heteroatoms. The third-order valence-electron chi connectivity index (χ3n) is 3.25. The predicted molar refractivity (Wildman–Crippen MR) is 71.0 cm³/mol. The zero-order chi connectivity index (χ0) is 13.0. The van der Waals surface area contributed by atoms with Crippen molar-refractivity contribution in [2.75, 3.05) is 18.4 Å². The summed E-state index contributed by atoms with van der Waals surface area (Å²) in [5.41, 5.74) is 7.45. The maximum Gasteiger partial charge on any atom is 0.234 e. The molecule has 0 radical (unpaired) electrons. The largest absolute Gasteiger partial charge is 0.385 e. The summed E-state index contributed by atoms with van der Waals surface area (Å²) in [5.74, 6) is -0.227. The average Bonchev–Trinajstić information content (AvgIpc) is 2.78. The minimum atomic E-state index is -0.227. The normalized spacial score (nSPS) is 19.9. The van der Waals surface area contributed by atoms with Crippen molar-refractivity contribution in [1.29, 1.82) is 0 Å². The zero-order valence-electron chi connectivity index (χ0n) is 10.7. The van der Waals surface area contributed by atoms with Crippen LogP contribution in [0, 0.1) is 0 Å². The van der Waals surface area contributed by atoms with Crippen molar-refractivity contribution in [3.8, 4) is 0 Å². The summed E-state index contributed by atoms with van der Waals surface area (Å²) in [4.78, 5) is 17.8. The SMILES string of the molecule is CCNc1ccnc(CN2CCCC2C(N)=O)c1. The lowest BCUT2D eigenvalue weighted by Crippen LogP contribution is -2.39. The number of aromatic nitrogens is 1. The molecule has 0 aliphatic carbocycles. The second-order valence-corrected chi connectivity index (χ2v) is 4.60. The Morgan fingerprint density at radius 2 is 2.50 bits per heavy atom. The number of likely N-dealkylation sites (tertiary alicyclic amines) is 1. The van der Waals surface area contributed by atoms with Gasteiger partial charge in [0.15, 0.2) is 0 Å². The standard InChI is InChI=1S/C13H20N4O/c1-2-15-10-5-6-16-11(8-10)9-17-7-3-4-12(17)13(14)18/h5-6,8,12H,2-4,7,9H2,1H3,(H2,14,18)(H,15,16). The minimum Gasteiger partial charge on any atom is -0.385 e. The topological polar surface area (TPSA) is 71.2 Å². The predicted octanol–water partition coefficient (Wildman–Crippen LogP) is 0.963. The zero-order valence-corrected chi connectivity index (χ0v) is 10.7. The Labute approximate surface area is 107 Å². The van der Waals surface area contributed by atoms with Crippen LogP contribution in [0.1, 0.15) is 25.5 Å². The van der Waals surface area contributed by atoms with E-state index in [0.717, 1.165) is 37.3 Å². The van der Waals surface area contributed by atoms with Crippen molar-refractivity contribution in [3.63, 3.8) is 0 Å². The van der Waals surface area contributed by atoms with Crippen LogP contribution in [0.2, 0.25) is 0 Å². The lowest BCUT2D eigenvalue weighted by Gasteiger charge is -2.21. The number of hydrogen-bond donors (Lipinski definition) is 2. The Kier molecular flexibility index (Phi) is 4.15. The number of rotatable bonds is 5. The molecule has 98 valence electrons. The number of anilines is 1. The van der Waals surface area contributed by atoms with E-state index in [4.69, 9.17) is 5.73 Å². The van der Waals surface area contributed by atoms with E-state index in [1.54, 1.807) is 6.20 Å². The maximum atomic E-state index is 11.3. The number of primary amides is 1. The lowest BCUT2D eigenvalue weighted by atomic mass is 10.2. The summed E-state index contributed by atoms with van der Waals surface area (Å²) in [7, 11) is 0. The van der Waals surface area contributed by atoms with Gasteiger partial charge in [-0.15, -0.1) is 0 Å². The smallest absolute Gasteiger partial charge is 0.234 e. The Bertz CT molecular complexity index is 421. The van der Waals surface area contributed by atoms with E-state index in [1.807, 2.05) is 12.1 Å². The Hall–Kier alpha value is -1.62. The molecule has 1 fully saturated rings. The number of pyridine rings is 1. The van der Waals surface area contributed by atoms with Crippen LogP contribution in [0.25, 0.3) is 0 Å². The van der Waals surface area contributed by atoms with E-state index in [9.17, 15) is 4.79 Å². The molecule has 2 heterocycles. The second kappa shape index (κ2) is 5.82. The fourth-order valence-corrected chi connectivity index (χ4v) is 2.42. The summed E-state index contributed by atoms with van der Waals surface area (Å²) in [6.45, 7) is 4.55. The first-order valence-electron chi connectivity index (χ1n) is 6.43. The van der Waals surface area contributed by atoms with Crippen molar-refractivity contribution in [3.05, 3.63) is 24.0 Å². The number of nitrogens with one attached hydrogen (secondary N) is 1. The number of hydrogen-bond acceptors (Lipinski definition) is 4. The first-order chi connectivity index (χ1) is 8.70. The van der Waals surface area contributed by atoms with Crippen LogP contribution < -0.4 is 11.1 Å². The molecule has 1 saturated heterocycles. The fraction of sp³-hybridized carbons (Fsp3) is 0.538. The number of carbonyl (C=O) groups is 1. The van der Waals surface area contributed by atoms with E-state index in [0.29, 0.717) is 6.54 Å². The molecular formula is C13H20N4O. The van der Waals surface area contributed by atoms with Crippen LogP contribution in [0.5, 0.6) is 0 Å². The van der Waals surface area contributed by atoms with E-state index < -0.39 is 0 Å². The molecule has 3 N–H and O–H groups in total. The Balaban J connectivity index is 2.04. The third-order valence-corrected chi connectivity index (χ3v) is 3.25. The highest BCUT2D eigenvalue weighted by atomic mass is 16.1. The van der Waals surface area contributed by atoms with Gasteiger partial charge in [-0.3, -0.25) is 14.7 Å². The number of nitrogens with two attached hydrogens (primary N) is 1. The summed E-state index contributed by atoms with van der Waals surface area (Å²) in [6, 6.07) is 3.84. The molecule has 1 aliphatic rings. The van der Waals surface area contributed by atoms with E-state index in [1.165, 1.54) is 0 Å². The van der Waals surface area contributed by atoms with Gasteiger partial charge in [-0.25, -0.2) is 0 Å². The van der Waals surface area contributed by atoms with Crippen molar-refractivity contribution < 1.29 is 4.79 Å². The highest BCUT2D eigenvalue weighted by molar-refractivity contribution is 5.80. The van der Waals surface area contributed by atoms with E-state index >= 15 is 0 Å². The molecule has 2 rings (SSSR count). The van der Waals surface area contributed by atoms with Crippen LogP contribution in [-0.4, -0.2) is 34.9 Å². The molecule has 1 aliphatic heterocycles. The number of amides is 1. The third kappa shape index (κ3) is 2.98. The van der Waals surface area contributed by atoms with Crippen LogP contribution >= 0.6 is 0 Å². The molecule has 0 aromatic carbocycles. The highest BCUT2D eigenvalue weighted by Gasteiger charge is 2.28. The van der Waals surface area contributed by atoms with Gasteiger partial charge in [0.1, 0.15) is 0 Å². The van der Waals surface area contributed by atoms with Gasteiger partial charge >= 0.3 is 0 Å². The molecule has 0 bridgehead atoms. The summed E-state index contributed by atoms with van der Waals surface area (Å²) < 4.78 is 0. The average molecular weight is 248 g/mol. The van der Waals surface area contributed by atoms with Crippen molar-refractivity contribution in [2.45, 2.75) is 32.4 Å². The first-order valence-corrected chi connectivity index (χ1v) is 6.43. The summed E-state index contributed by atoms with van der Waals surface area (Å²) in [6.07, 6.45) is 3.69. The van der Waals surface area contributed by atoms with E-state index in [-0.39, 0.29) is 11.9 Å². The monoisotopic (exact) mass is 248 g/mol. The molecule has 1 aromatic heterocycles. The van der Waals surface area contributed by atoms with Crippen molar-refractivity contribution in [2.24, 2.45) is 5.73 Å². The second-order valence-electron chi connectivity index (χ2n) is 4.60. The maximum absolute atomic E-state index is 11.3. The van der Waals surface area contributed by atoms with Gasteiger partial charge in [-0.05, 0) is 38.4 Å². The molecule has 5 nitrogen and oxygen atoms in total. The van der Waals surface area contributed by atoms with Crippen LogP contribution in [-0.2, 0) is 11.3 Å². The lowest BCUT2D eigenvalue weighted by molar-refractivity contribution is -0.122. The van der Waals surface area contributed by atoms with Crippen LogP contribution in [0.4, 0.5) is 5.69 Å². The quantitative estimate of drug-likeness (QED) is 0.814. The number of nitrogens with zero attached hydrogens (tertiary/aromatic N) is 2. The van der Waals surface area contributed by atoms with Gasteiger partial charge in [0.05, 0.1) is 11.7 Å². The molecule has 1 aromatic rings.